The minimum Gasteiger partial charge on any atom is -0.327 e. The summed E-state index contributed by atoms with van der Waals surface area (Å²) in [5.41, 5.74) is 6.55. The van der Waals surface area contributed by atoms with E-state index in [1.807, 2.05) is 44.2 Å². The Balaban J connectivity index is 0.00000225. The molecular weight excluding hydrogens is 224 g/mol. The van der Waals surface area contributed by atoms with Crippen LogP contribution < -0.4 is 10.6 Å². The average Bonchev–Trinajstić information content (AvgIpc) is 2.19. The topological polar surface area (TPSA) is 46.3 Å². The predicted octanol–water partition coefficient (Wildman–Crippen LogP) is 2.20. The molecule has 0 aliphatic heterocycles. The summed E-state index contributed by atoms with van der Waals surface area (Å²) in [6, 6.07) is 9.57. The highest BCUT2D eigenvalue weighted by atomic mass is 35.5. The smallest absolute Gasteiger partial charge is 0.228 e. The highest BCUT2D eigenvalue weighted by Crippen LogP contribution is 2.14. The molecule has 2 N–H and O–H groups in total. The normalized spacial score (nSPS) is 11.4. The van der Waals surface area contributed by atoms with Gasteiger partial charge in [0.1, 0.15) is 0 Å². The summed E-state index contributed by atoms with van der Waals surface area (Å²) in [7, 11) is 0. The van der Waals surface area contributed by atoms with Crippen molar-refractivity contribution in [2.24, 2.45) is 5.73 Å². The number of rotatable bonds is 4. The number of benzene rings is 1. The Bertz CT molecular complexity index is 314. The second-order valence-electron chi connectivity index (χ2n) is 3.65. The molecule has 3 nitrogen and oxygen atoms in total. The Labute approximate surface area is 103 Å². The first-order chi connectivity index (χ1) is 7.15. The Morgan fingerprint density at radius 3 is 2.38 bits per heavy atom. The van der Waals surface area contributed by atoms with E-state index in [9.17, 15) is 4.79 Å². The molecule has 0 bridgehead atoms. The lowest BCUT2D eigenvalue weighted by Crippen LogP contribution is -2.34. The number of nitrogens with two attached hydrogens (primary N) is 1. The van der Waals surface area contributed by atoms with Crippen LogP contribution >= 0.6 is 12.4 Å². The van der Waals surface area contributed by atoms with E-state index in [-0.39, 0.29) is 24.4 Å². The summed E-state index contributed by atoms with van der Waals surface area (Å²) in [6.45, 7) is 4.48. The lowest BCUT2D eigenvalue weighted by Gasteiger charge is -2.21. The standard InChI is InChI=1S/C12H18N2O.ClH/c1-3-14(12(15)9-10(2)13)11-7-5-4-6-8-11;/h4-8,10H,3,9,13H2,1-2H3;1H. The first-order valence-electron chi connectivity index (χ1n) is 5.26. The highest BCUT2D eigenvalue weighted by Gasteiger charge is 2.14. The molecule has 0 aliphatic rings. The number of amides is 1. The van der Waals surface area contributed by atoms with Gasteiger partial charge in [0.15, 0.2) is 0 Å². The molecule has 0 fully saturated rings. The van der Waals surface area contributed by atoms with Crippen molar-refractivity contribution in [1.82, 2.24) is 0 Å². The number of halogens is 1. The zero-order valence-electron chi connectivity index (χ0n) is 9.72. The van der Waals surface area contributed by atoms with E-state index in [0.717, 1.165) is 5.69 Å². The monoisotopic (exact) mass is 242 g/mol. The minimum absolute atomic E-state index is 0. The highest BCUT2D eigenvalue weighted by molar-refractivity contribution is 5.93. The van der Waals surface area contributed by atoms with Crippen LogP contribution in [-0.2, 0) is 4.79 Å². The molecule has 0 saturated heterocycles. The van der Waals surface area contributed by atoms with Crippen LogP contribution in [0.25, 0.3) is 0 Å². The van der Waals surface area contributed by atoms with Gasteiger partial charge in [-0.05, 0) is 26.0 Å². The van der Waals surface area contributed by atoms with Crippen LogP contribution in [0.1, 0.15) is 20.3 Å². The van der Waals surface area contributed by atoms with Crippen LogP contribution in [0.4, 0.5) is 5.69 Å². The maximum Gasteiger partial charge on any atom is 0.228 e. The predicted molar refractivity (Wildman–Crippen MR) is 70.0 cm³/mol. The van der Waals surface area contributed by atoms with Gasteiger partial charge in [-0.25, -0.2) is 0 Å². The number of anilines is 1. The lowest BCUT2D eigenvalue weighted by molar-refractivity contribution is -0.118. The number of carbonyl (C=O) groups excluding carboxylic acids is 1. The molecule has 1 rings (SSSR count). The first-order valence-corrected chi connectivity index (χ1v) is 5.26. The fraction of sp³-hybridized carbons (Fsp3) is 0.417. The third kappa shape index (κ3) is 4.21. The number of nitrogens with zero attached hydrogens (tertiary/aromatic N) is 1. The molecule has 0 aromatic heterocycles. The zero-order chi connectivity index (χ0) is 11.3. The zero-order valence-corrected chi connectivity index (χ0v) is 10.5. The van der Waals surface area contributed by atoms with E-state index in [0.29, 0.717) is 13.0 Å². The molecule has 0 saturated carbocycles. The summed E-state index contributed by atoms with van der Waals surface area (Å²) >= 11 is 0. The lowest BCUT2D eigenvalue weighted by atomic mass is 10.2. The fourth-order valence-electron chi connectivity index (χ4n) is 1.50. The Hall–Kier alpha value is -1.06. The van der Waals surface area contributed by atoms with E-state index in [1.54, 1.807) is 4.90 Å². The minimum atomic E-state index is -0.0877. The van der Waals surface area contributed by atoms with Crippen LogP contribution in [0.2, 0.25) is 0 Å². The van der Waals surface area contributed by atoms with Gasteiger partial charge < -0.3 is 10.6 Å². The maximum atomic E-state index is 11.8. The summed E-state index contributed by atoms with van der Waals surface area (Å²) < 4.78 is 0. The summed E-state index contributed by atoms with van der Waals surface area (Å²) in [5.74, 6) is 0.0821. The largest absolute Gasteiger partial charge is 0.327 e. The molecule has 90 valence electrons. The molecule has 1 aromatic carbocycles. The van der Waals surface area contributed by atoms with E-state index >= 15 is 0 Å². The van der Waals surface area contributed by atoms with Crippen molar-refractivity contribution in [1.29, 1.82) is 0 Å². The van der Waals surface area contributed by atoms with Crippen LogP contribution in [0.15, 0.2) is 30.3 Å². The van der Waals surface area contributed by atoms with Crippen molar-refractivity contribution in [3.8, 4) is 0 Å². The Morgan fingerprint density at radius 2 is 1.94 bits per heavy atom. The second-order valence-corrected chi connectivity index (χ2v) is 3.65. The molecule has 0 radical (unpaired) electrons. The van der Waals surface area contributed by atoms with Gasteiger partial charge >= 0.3 is 0 Å². The fourth-order valence-corrected chi connectivity index (χ4v) is 1.50. The van der Waals surface area contributed by atoms with Crippen molar-refractivity contribution in [3.05, 3.63) is 30.3 Å². The maximum absolute atomic E-state index is 11.8. The SMILES string of the molecule is CCN(C(=O)CC(C)N)c1ccccc1.Cl. The average molecular weight is 243 g/mol. The summed E-state index contributed by atoms with van der Waals surface area (Å²) in [5, 5.41) is 0. The van der Waals surface area contributed by atoms with Gasteiger partial charge in [0.2, 0.25) is 5.91 Å². The Morgan fingerprint density at radius 1 is 1.38 bits per heavy atom. The number of carbonyl (C=O) groups is 1. The van der Waals surface area contributed by atoms with E-state index in [4.69, 9.17) is 5.73 Å². The van der Waals surface area contributed by atoms with Crippen LogP contribution in [0.3, 0.4) is 0 Å². The van der Waals surface area contributed by atoms with Crippen molar-refractivity contribution >= 4 is 24.0 Å². The molecule has 1 amide bonds. The summed E-state index contributed by atoms with van der Waals surface area (Å²) in [6.07, 6.45) is 0.392. The molecule has 1 atom stereocenters. The van der Waals surface area contributed by atoms with Crippen molar-refractivity contribution in [2.45, 2.75) is 26.3 Å². The number of hydrogen-bond acceptors (Lipinski definition) is 2. The molecular formula is C12H19ClN2O. The van der Waals surface area contributed by atoms with Gasteiger partial charge in [-0.2, -0.15) is 0 Å². The molecule has 1 unspecified atom stereocenters. The van der Waals surface area contributed by atoms with E-state index < -0.39 is 0 Å². The van der Waals surface area contributed by atoms with Crippen LogP contribution in [0, 0.1) is 0 Å². The molecule has 4 heteroatoms. The van der Waals surface area contributed by atoms with Crippen molar-refractivity contribution in [2.75, 3.05) is 11.4 Å². The van der Waals surface area contributed by atoms with Crippen LogP contribution in [-0.4, -0.2) is 18.5 Å². The summed E-state index contributed by atoms with van der Waals surface area (Å²) in [4.78, 5) is 13.6. The van der Waals surface area contributed by atoms with Crippen molar-refractivity contribution in [3.63, 3.8) is 0 Å². The van der Waals surface area contributed by atoms with Gasteiger partial charge in [0.25, 0.3) is 0 Å². The third-order valence-corrected chi connectivity index (χ3v) is 2.18. The van der Waals surface area contributed by atoms with Crippen molar-refractivity contribution < 1.29 is 4.79 Å². The van der Waals surface area contributed by atoms with Gasteiger partial charge in [0.05, 0.1) is 0 Å². The van der Waals surface area contributed by atoms with Gasteiger partial charge in [-0.3, -0.25) is 4.79 Å². The first kappa shape index (κ1) is 14.9. The second kappa shape index (κ2) is 7.25. The quantitative estimate of drug-likeness (QED) is 0.880. The molecule has 0 aliphatic carbocycles. The van der Waals surface area contributed by atoms with E-state index in [1.165, 1.54) is 0 Å². The molecule has 0 heterocycles. The Kier molecular flexibility index (Phi) is 6.77. The molecule has 16 heavy (non-hydrogen) atoms. The number of hydrogen-bond donors (Lipinski definition) is 1. The molecule has 0 spiro atoms. The number of para-hydroxylation sites is 1. The van der Waals surface area contributed by atoms with Gasteiger partial charge in [0, 0.05) is 24.7 Å². The van der Waals surface area contributed by atoms with Crippen LogP contribution in [0.5, 0.6) is 0 Å². The van der Waals surface area contributed by atoms with Gasteiger partial charge in [-0.1, -0.05) is 18.2 Å². The molecule has 1 aromatic rings. The third-order valence-electron chi connectivity index (χ3n) is 2.18. The van der Waals surface area contributed by atoms with Gasteiger partial charge in [-0.15, -0.1) is 12.4 Å². The van der Waals surface area contributed by atoms with E-state index in [2.05, 4.69) is 0 Å².